The van der Waals surface area contributed by atoms with Crippen LogP contribution in [0.5, 0.6) is 0 Å². The van der Waals surface area contributed by atoms with Crippen LogP contribution in [0.3, 0.4) is 0 Å². The van der Waals surface area contributed by atoms with Gasteiger partial charge in [0.25, 0.3) is 0 Å². The normalized spacial score (nSPS) is 13.0. The van der Waals surface area contributed by atoms with Crippen molar-refractivity contribution < 1.29 is 0 Å². The summed E-state index contributed by atoms with van der Waals surface area (Å²) in [6, 6.07) is 64.2. The lowest BCUT2D eigenvalue weighted by atomic mass is 9.77. The summed E-state index contributed by atoms with van der Waals surface area (Å²) in [5.74, 6) is 0. The van der Waals surface area contributed by atoms with Crippen LogP contribution in [0.1, 0.15) is 25.0 Å². The summed E-state index contributed by atoms with van der Waals surface area (Å²) in [7, 11) is 0. The Bertz CT molecular complexity index is 2460. The van der Waals surface area contributed by atoms with Gasteiger partial charge in [-0.05, 0) is 116 Å². The Kier molecular flexibility index (Phi) is 6.84. The van der Waals surface area contributed by atoms with Gasteiger partial charge in [0.2, 0.25) is 0 Å². The molecule has 2 nitrogen and oxygen atoms in total. The van der Waals surface area contributed by atoms with E-state index in [2.05, 4.69) is 200 Å². The summed E-state index contributed by atoms with van der Waals surface area (Å²) < 4.78 is 0. The summed E-state index contributed by atoms with van der Waals surface area (Å²) in [6.45, 7) is 4.65. The van der Waals surface area contributed by atoms with Crippen molar-refractivity contribution in [2.45, 2.75) is 19.3 Å². The monoisotopic (exact) mass is 628 g/mol. The van der Waals surface area contributed by atoms with Crippen LogP contribution in [0.25, 0.3) is 43.8 Å². The van der Waals surface area contributed by atoms with E-state index in [1.807, 2.05) is 0 Å². The maximum Gasteiger partial charge on any atom is 0.0474 e. The van der Waals surface area contributed by atoms with E-state index >= 15 is 0 Å². The van der Waals surface area contributed by atoms with E-state index in [4.69, 9.17) is 0 Å². The van der Waals surface area contributed by atoms with E-state index < -0.39 is 0 Å². The molecule has 0 saturated heterocycles. The molecule has 4 bridgehead atoms. The highest BCUT2D eigenvalue weighted by molar-refractivity contribution is 6.05. The second-order valence-electron chi connectivity index (χ2n) is 13.6. The molecule has 0 unspecified atom stereocenters. The zero-order valence-corrected chi connectivity index (χ0v) is 27.7. The van der Waals surface area contributed by atoms with Gasteiger partial charge in [-0.3, -0.25) is 0 Å². The van der Waals surface area contributed by atoms with Crippen LogP contribution in [-0.4, -0.2) is 0 Å². The predicted molar refractivity (Wildman–Crippen MR) is 209 cm³/mol. The third-order valence-electron chi connectivity index (χ3n) is 10.2. The molecule has 8 aromatic rings. The number of nitrogens with one attached hydrogen (secondary N) is 1. The van der Waals surface area contributed by atoms with Crippen LogP contribution in [0.15, 0.2) is 176 Å². The number of anilines is 5. The lowest BCUT2D eigenvalue weighted by molar-refractivity contribution is 0.642. The smallest absolute Gasteiger partial charge is 0.0474 e. The van der Waals surface area contributed by atoms with Gasteiger partial charge in [0.1, 0.15) is 0 Å². The number of benzene rings is 8. The Morgan fingerprint density at radius 3 is 1.92 bits per heavy atom. The van der Waals surface area contributed by atoms with E-state index in [0.29, 0.717) is 0 Å². The first-order valence-corrected chi connectivity index (χ1v) is 17.0. The fourth-order valence-corrected chi connectivity index (χ4v) is 7.51. The lowest BCUT2D eigenvalue weighted by Gasteiger charge is -2.27. The van der Waals surface area contributed by atoms with E-state index in [9.17, 15) is 0 Å². The van der Waals surface area contributed by atoms with Crippen molar-refractivity contribution in [3.05, 3.63) is 187 Å². The number of hydrogen-bond donors (Lipinski definition) is 1. The minimum absolute atomic E-state index is 0.149. The third kappa shape index (κ3) is 5.05. The SMILES string of the molecule is CC1(C)c2cccc(c2)Nc2ccc(-c3cc(N(c4ccccc4)c4ccccc4)cc4ccccc34)cc2-c2cccc3ccc1cc23. The van der Waals surface area contributed by atoms with Gasteiger partial charge in [-0.25, -0.2) is 0 Å². The fraction of sp³-hybridized carbons (Fsp3) is 0.0638. The second-order valence-corrected chi connectivity index (χ2v) is 13.6. The average Bonchev–Trinajstić information content (AvgIpc) is 3.16. The summed E-state index contributed by atoms with van der Waals surface area (Å²) in [5.41, 5.74) is 12.8. The van der Waals surface area contributed by atoms with Crippen molar-refractivity contribution in [2.24, 2.45) is 0 Å². The Morgan fingerprint density at radius 2 is 1.12 bits per heavy atom. The van der Waals surface area contributed by atoms with Gasteiger partial charge in [-0.2, -0.15) is 0 Å². The Labute approximate surface area is 287 Å². The van der Waals surface area contributed by atoms with Crippen LogP contribution < -0.4 is 10.2 Å². The van der Waals surface area contributed by atoms with Crippen LogP contribution in [-0.2, 0) is 5.41 Å². The standard InChI is InChI=1S/C47H36N2/c1-47(2)35-15-12-16-37(29-35)48-46-26-24-34(28-45(46)42-22-11-14-32-23-25-36(47)30-43(32)42)44-31-40(27-33-13-9-10-21-41(33)44)49(38-17-5-3-6-18-38)39-19-7-4-8-20-39/h3-31,48H,1-2H3. The van der Waals surface area contributed by atoms with Crippen molar-refractivity contribution in [3.63, 3.8) is 0 Å². The molecule has 234 valence electrons. The number of nitrogens with zero attached hydrogens (tertiary/aromatic N) is 1. The molecule has 2 heteroatoms. The van der Waals surface area contributed by atoms with Gasteiger partial charge in [0.15, 0.2) is 0 Å². The molecule has 49 heavy (non-hydrogen) atoms. The summed E-state index contributed by atoms with van der Waals surface area (Å²) >= 11 is 0. The minimum Gasteiger partial charge on any atom is -0.355 e. The first-order chi connectivity index (χ1) is 24.0. The Morgan fingerprint density at radius 1 is 0.429 bits per heavy atom. The molecule has 0 fully saturated rings. The maximum absolute atomic E-state index is 3.83. The van der Waals surface area contributed by atoms with Gasteiger partial charge < -0.3 is 10.2 Å². The van der Waals surface area contributed by atoms with Crippen LogP contribution >= 0.6 is 0 Å². The lowest BCUT2D eigenvalue weighted by Crippen LogP contribution is -2.18. The number of fused-ring (bicyclic) bond motifs is 6. The van der Waals surface area contributed by atoms with E-state index in [0.717, 1.165) is 28.4 Å². The molecule has 9 rings (SSSR count). The molecule has 0 radical (unpaired) electrons. The zero-order chi connectivity index (χ0) is 33.0. The fourth-order valence-electron chi connectivity index (χ4n) is 7.51. The van der Waals surface area contributed by atoms with E-state index in [1.54, 1.807) is 0 Å². The highest BCUT2D eigenvalue weighted by atomic mass is 15.1. The van der Waals surface area contributed by atoms with Gasteiger partial charge in [-0.15, -0.1) is 0 Å². The number of hydrogen-bond acceptors (Lipinski definition) is 2. The molecule has 0 spiro atoms. The summed E-state index contributed by atoms with van der Waals surface area (Å²) in [4.78, 5) is 2.35. The molecule has 8 aromatic carbocycles. The largest absolute Gasteiger partial charge is 0.355 e. The van der Waals surface area contributed by atoms with Crippen molar-refractivity contribution in [2.75, 3.05) is 10.2 Å². The molecule has 1 aliphatic heterocycles. The van der Waals surface area contributed by atoms with Crippen LogP contribution in [0.4, 0.5) is 28.4 Å². The molecule has 1 aliphatic rings. The van der Waals surface area contributed by atoms with E-state index in [1.165, 1.54) is 54.9 Å². The summed E-state index contributed by atoms with van der Waals surface area (Å²) in [6.07, 6.45) is 0. The third-order valence-corrected chi connectivity index (χ3v) is 10.2. The maximum atomic E-state index is 3.83. The van der Waals surface area contributed by atoms with Crippen LogP contribution in [0, 0.1) is 0 Å². The highest BCUT2D eigenvalue weighted by Gasteiger charge is 2.25. The van der Waals surface area contributed by atoms with Gasteiger partial charge in [-0.1, -0.05) is 123 Å². The van der Waals surface area contributed by atoms with Gasteiger partial charge in [0.05, 0.1) is 0 Å². The van der Waals surface area contributed by atoms with Crippen molar-refractivity contribution in [1.82, 2.24) is 0 Å². The summed E-state index contributed by atoms with van der Waals surface area (Å²) in [5, 5.41) is 8.77. The zero-order valence-electron chi connectivity index (χ0n) is 27.7. The molecule has 1 N–H and O–H groups in total. The molecule has 0 saturated carbocycles. The van der Waals surface area contributed by atoms with Crippen molar-refractivity contribution >= 4 is 50.0 Å². The molecule has 1 heterocycles. The highest BCUT2D eigenvalue weighted by Crippen LogP contribution is 2.45. The first kappa shape index (κ1) is 29.1. The molecule has 0 aromatic heterocycles. The molecule has 0 amide bonds. The quantitative estimate of drug-likeness (QED) is 0.209. The molecular weight excluding hydrogens is 593 g/mol. The Balaban J connectivity index is 1.30. The molecule has 0 atom stereocenters. The van der Waals surface area contributed by atoms with Gasteiger partial charge in [0, 0.05) is 39.4 Å². The second kappa shape index (κ2) is 11.5. The van der Waals surface area contributed by atoms with Gasteiger partial charge >= 0.3 is 0 Å². The predicted octanol–water partition coefficient (Wildman–Crippen LogP) is 13.2. The topological polar surface area (TPSA) is 15.3 Å². The van der Waals surface area contributed by atoms with Crippen molar-refractivity contribution in [3.8, 4) is 22.3 Å². The minimum atomic E-state index is -0.149. The number of rotatable bonds is 4. The van der Waals surface area contributed by atoms with E-state index in [-0.39, 0.29) is 5.41 Å². The first-order valence-electron chi connectivity index (χ1n) is 17.0. The average molecular weight is 629 g/mol. The molecule has 0 aliphatic carbocycles. The van der Waals surface area contributed by atoms with Crippen LogP contribution in [0.2, 0.25) is 0 Å². The number of para-hydroxylation sites is 2. The van der Waals surface area contributed by atoms with Crippen molar-refractivity contribution in [1.29, 1.82) is 0 Å². The molecular formula is C47H36N2. The Hall–Kier alpha value is -6.12.